The van der Waals surface area contributed by atoms with Crippen LogP contribution in [0.3, 0.4) is 0 Å². The Hall–Kier alpha value is -2.86. The predicted octanol–water partition coefficient (Wildman–Crippen LogP) is -0.532. The normalized spacial score (nSPS) is 8.21. The molecular formula is C12H13N2O9V. The van der Waals surface area contributed by atoms with Crippen LogP contribution in [0.4, 0.5) is 0 Å². The van der Waals surface area contributed by atoms with Crippen LogP contribution in [0, 0.1) is 0 Å². The summed E-state index contributed by atoms with van der Waals surface area (Å²) in [4.78, 5) is 27.3. The average Bonchev–Trinajstić information content (AvgIpc) is 2.49. The van der Waals surface area contributed by atoms with E-state index < -0.39 is 28.5 Å². The molecule has 0 bridgehead atoms. The maximum absolute atomic E-state index is 10.2. The number of carboxylic acid groups (broad SMARTS) is 2. The number of carboxylic acids is 2. The van der Waals surface area contributed by atoms with E-state index in [1.165, 1.54) is 36.7 Å². The van der Waals surface area contributed by atoms with Crippen LogP contribution in [0.25, 0.3) is 0 Å². The van der Waals surface area contributed by atoms with Crippen LogP contribution in [0.2, 0.25) is 0 Å². The van der Waals surface area contributed by atoms with Crippen molar-refractivity contribution in [2.45, 2.75) is 0 Å². The molecule has 0 fully saturated rings. The molecular weight excluding hydrogens is 367 g/mol. The van der Waals surface area contributed by atoms with Crippen molar-refractivity contribution >= 4 is 11.9 Å². The van der Waals surface area contributed by atoms with Crippen LogP contribution in [0.5, 0.6) is 11.5 Å². The Bertz CT molecular complexity index is 626. The monoisotopic (exact) mass is 380 g/mol. The summed E-state index contributed by atoms with van der Waals surface area (Å²) >= 11 is -1.56. The van der Waals surface area contributed by atoms with Crippen molar-refractivity contribution < 1.29 is 59.8 Å². The van der Waals surface area contributed by atoms with Gasteiger partial charge in [0.2, 0.25) is 0 Å². The molecule has 2 heterocycles. The first-order valence-electron chi connectivity index (χ1n) is 5.56. The van der Waals surface area contributed by atoms with E-state index in [1.807, 2.05) is 0 Å². The Morgan fingerprint density at radius 3 is 1.33 bits per heavy atom. The zero-order valence-electron chi connectivity index (χ0n) is 11.8. The van der Waals surface area contributed by atoms with E-state index in [4.69, 9.17) is 28.1 Å². The molecule has 0 saturated heterocycles. The van der Waals surface area contributed by atoms with Crippen LogP contribution in [0.1, 0.15) is 21.0 Å². The topological polar surface area (TPSA) is 210 Å². The van der Waals surface area contributed by atoms with E-state index in [0.717, 1.165) is 0 Å². The molecule has 0 aliphatic rings. The molecule has 0 unspecified atom stereocenters. The summed E-state index contributed by atoms with van der Waals surface area (Å²) in [5.41, 5.74) is -0.634. The van der Waals surface area contributed by atoms with Crippen LogP contribution in [0.15, 0.2) is 36.7 Å². The molecule has 0 atom stereocenters. The number of nitrogens with zero attached hydrogens (tertiary/aromatic N) is 2. The molecule has 2 rings (SSSR count). The zero-order chi connectivity index (χ0) is 17.8. The fourth-order valence-corrected chi connectivity index (χ4v) is 1.12. The average molecular weight is 380 g/mol. The first-order chi connectivity index (χ1) is 10.8. The van der Waals surface area contributed by atoms with Crippen LogP contribution in [-0.2, 0) is 20.3 Å². The first kappa shape index (κ1) is 23.4. The molecule has 0 radical (unpaired) electrons. The van der Waals surface area contributed by atoms with Gasteiger partial charge in [0, 0.05) is 12.4 Å². The summed E-state index contributed by atoms with van der Waals surface area (Å²) in [6.07, 6.45) is 2.62. The third kappa shape index (κ3) is 8.55. The number of aromatic carboxylic acids is 2. The number of hydrogen-bond donors (Lipinski definition) is 5. The molecule has 0 amide bonds. The Kier molecular flexibility index (Phi) is 12.4. The van der Waals surface area contributed by atoms with Crippen LogP contribution < -0.4 is 0 Å². The fourth-order valence-electron chi connectivity index (χ4n) is 1.12. The number of aromatic hydroxyl groups is 2. The second-order valence-corrected chi connectivity index (χ2v) is 3.69. The van der Waals surface area contributed by atoms with Gasteiger partial charge in [0.25, 0.3) is 0 Å². The Labute approximate surface area is 141 Å². The van der Waals surface area contributed by atoms with Gasteiger partial charge in [-0.05, 0) is 24.3 Å². The van der Waals surface area contributed by atoms with Gasteiger partial charge in [0.05, 0.1) is 0 Å². The minimum absolute atomic E-state index is 0. The molecule has 0 aliphatic carbocycles. The molecule has 0 saturated carbocycles. The SMILES string of the molecule is O.O=C(O)c1ncccc1O.O=C(O)c1ncccc1O.[O]=[V][OH]. The molecule has 0 aromatic carbocycles. The van der Waals surface area contributed by atoms with Crippen molar-refractivity contribution in [3.8, 4) is 11.5 Å². The molecule has 24 heavy (non-hydrogen) atoms. The maximum atomic E-state index is 10.2. The number of pyridine rings is 2. The van der Waals surface area contributed by atoms with Crippen LogP contribution in [-0.4, -0.2) is 51.8 Å². The molecule has 0 spiro atoms. The minimum atomic E-state index is -1.56. The predicted molar refractivity (Wildman–Crippen MR) is 72.2 cm³/mol. The second kappa shape index (κ2) is 12.7. The Morgan fingerprint density at radius 2 is 1.17 bits per heavy atom. The summed E-state index contributed by atoms with van der Waals surface area (Å²) in [5.74, 6) is -3.07. The van der Waals surface area contributed by atoms with E-state index in [0.29, 0.717) is 0 Å². The second-order valence-electron chi connectivity index (χ2n) is 3.43. The number of hydrogen-bond acceptors (Lipinski definition) is 7. The molecule has 11 nitrogen and oxygen atoms in total. The Morgan fingerprint density at radius 1 is 0.875 bits per heavy atom. The molecule has 130 valence electrons. The van der Waals surface area contributed by atoms with Gasteiger partial charge in [0.15, 0.2) is 11.4 Å². The number of rotatable bonds is 2. The van der Waals surface area contributed by atoms with Gasteiger partial charge in [-0.25, -0.2) is 19.6 Å². The van der Waals surface area contributed by atoms with Crippen molar-refractivity contribution in [2.75, 3.05) is 0 Å². The third-order valence-electron chi connectivity index (χ3n) is 1.98. The Balaban J connectivity index is 0. The van der Waals surface area contributed by atoms with Crippen molar-refractivity contribution in [3.05, 3.63) is 48.0 Å². The van der Waals surface area contributed by atoms with Crippen molar-refractivity contribution in [1.29, 1.82) is 0 Å². The number of aromatic nitrogens is 2. The fraction of sp³-hybridized carbons (Fsp3) is 0. The van der Waals surface area contributed by atoms with E-state index in [2.05, 4.69) is 9.97 Å². The van der Waals surface area contributed by atoms with Gasteiger partial charge in [-0.1, -0.05) is 0 Å². The zero-order valence-corrected chi connectivity index (χ0v) is 13.2. The quantitative estimate of drug-likeness (QED) is 0.449. The molecule has 2 aromatic heterocycles. The van der Waals surface area contributed by atoms with Crippen molar-refractivity contribution in [2.24, 2.45) is 0 Å². The van der Waals surface area contributed by atoms with Crippen molar-refractivity contribution in [3.63, 3.8) is 0 Å². The van der Waals surface area contributed by atoms with Gasteiger partial charge < -0.3 is 25.9 Å². The van der Waals surface area contributed by atoms with Crippen molar-refractivity contribution in [1.82, 2.24) is 9.97 Å². The summed E-state index contributed by atoms with van der Waals surface area (Å²) in [6.45, 7) is 0. The first-order valence-corrected chi connectivity index (χ1v) is 6.75. The number of carbonyl (C=O) groups is 2. The summed E-state index contributed by atoms with van der Waals surface area (Å²) in [7, 11) is 0. The van der Waals surface area contributed by atoms with E-state index in [1.54, 1.807) is 0 Å². The van der Waals surface area contributed by atoms with Gasteiger partial charge in [-0.2, -0.15) is 0 Å². The molecule has 7 N–H and O–H groups in total. The van der Waals surface area contributed by atoms with Crippen LogP contribution >= 0.6 is 0 Å². The summed E-state index contributed by atoms with van der Waals surface area (Å²) in [5, 5.41) is 34.4. The molecule has 2 aromatic rings. The standard InChI is InChI=1S/2C6H5NO3.2H2O.O.V/c2*8-4-2-1-3-7-5(4)6(9)10;;;;/h2*1-3,8H,(H,9,10);2*1H2;;/q;;;;;+1/p-1. The van der Waals surface area contributed by atoms with Gasteiger partial charge in [-0.15, -0.1) is 0 Å². The third-order valence-corrected chi connectivity index (χ3v) is 1.98. The molecule has 0 aliphatic heterocycles. The van der Waals surface area contributed by atoms with Gasteiger partial charge in [-0.3, -0.25) is 0 Å². The van der Waals surface area contributed by atoms with E-state index in [9.17, 15) is 9.59 Å². The van der Waals surface area contributed by atoms with E-state index >= 15 is 0 Å². The van der Waals surface area contributed by atoms with E-state index in [-0.39, 0.29) is 28.4 Å². The summed E-state index contributed by atoms with van der Waals surface area (Å²) in [6, 6.07) is 5.47. The molecule has 12 heteroatoms. The van der Waals surface area contributed by atoms with Gasteiger partial charge >= 0.3 is 36.2 Å². The summed E-state index contributed by atoms with van der Waals surface area (Å²) < 4.78 is 15.7. The van der Waals surface area contributed by atoms with Gasteiger partial charge in [0.1, 0.15) is 11.5 Å².